The van der Waals surface area contributed by atoms with E-state index in [1.807, 2.05) is 30.3 Å². The van der Waals surface area contributed by atoms with Crippen molar-refractivity contribution in [2.45, 2.75) is 87.1 Å². The molecule has 0 aliphatic carbocycles. The number of hydrogen-bond donors (Lipinski definition) is 0. The fourth-order valence-corrected chi connectivity index (χ4v) is 7.88. The zero-order chi connectivity index (χ0) is 44.9. The highest BCUT2D eigenvalue weighted by Crippen LogP contribution is 2.35. The summed E-state index contributed by atoms with van der Waals surface area (Å²) in [5, 5.41) is 0. The van der Waals surface area contributed by atoms with Crippen LogP contribution in [0.2, 0.25) is 0 Å². The van der Waals surface area contributed by atoms with Gasteiger partial charge in [0.25, 0.3) is 0 Å². The Hall–Kier alpha value is -6.11. The number of carbonyl (C=O) groups excluding carboxylic acids is 6. The van der Waals surface area contributed by atoms with E-state index in [1.54, 1.807) is 54.6 Å². The smallest absolute Gasteiger partial charge is 0.338 e. The van der Waals surface area contributed by atoms with Crippen LogP contribution in [-0.2, 0) is 61.8 Å². The first-order valence-electron chi connectivity index (χ1n) is 19.8. The molecule has 2 aliphatic rings. The maximum absolute atomic E-state index is 13.9. The average Bonchev–Trinajstić information content (AvgIpc) is 3.28. The highest BCUT2D eigenvalue weighted by atomic mass is 32.2. The Morgan fingerprint density at radius 2 is 0.825 bits per heavy atom. The van der Waals surface area contributed by atoms with Gasteiger partial charge in [-0.05, 0) is 48.5 Å². The second-order valence-electron chi connectivity index (χ2n) is 14.2. The molecule has 2 saturated heterocycles. The second-order valence-corrected chi connectivity index (χ2v) is 15.3. The van der Waals surface area contributed by atoms with Gasteiger partial charge in [-0.2, -0.15) is 0 Å². The predicted octanol–water partition coefficient (Wildman–Crippen LogP) is 5.36. The van der Waals surface area contributed by atoms with Crippen LogP contribution in [-0.4, -0.2) is 117 Å². The van der Waals surface area contributed by atoms with E-state index in [1.165, 1.54) is 62.2 Å². The summed E-state index contributed by atoms with van der Waals surface area (Å²) in [5.41, 5.74) is 0.413. The average molecular weight is 887 g/mol. The summed E-state index contributed by atoms with van der Waals surface area (Å²) in [6.45, 7) is 2.87. The molecule has 0 spiro atoms. The van der Waals surface area contributed by atoms with Crippen molar-refractivity contribution in [2.24, 2.45) is 0 Å². The molecule has 332 valence electrons. The van der Waals surface area contributed by atoms with Crippen molar-refractivity contribution >= 4 is 47.6 Å². The summed E-state index contributed by atoms with van der Waals surface area (Å²) in [6, 6.07) is 33.2. The number of carbonyl (C=O) groups is 6. The van der Waals surface area contributed by atoms with E-state index in [0.717, 1.165) is 18.7 Å². The number of ether oxygens (including phenoxy) is 10. The van der Waals surface area contributed by atoms with Crippen molar-refractivity contribution in [1.82, 2.24) is 0 Å². The van der Waals surface area contributed by atoms with Gasteiger partial charge in [-0.15, -0.1) is 11.8 Å². The third kappa shape index (κ3) is 12.5. The summed E-state index contributed by atoms with van der Waals surface area (Å²) in [6.07, 6.45) is -14.3. The lowest BCUT2D eigenvalue weighted by atomic mass is 9.97. The molecule has 0 radical (unpaired) electrons. The largest absolute Gasteiger partial charge is 0.456 e. The Morgan fingerprint density at radius 1 is 0.460 bits per heavy atom. The van der Waals surface area contributed by atoms with Crippen LogP contribution in [0, 0.1) is 0 Å². The lowest BCUT2D eigenvalue weighted by molar-refractivity contribution is -0.325. The minimum absolute atomic E-state index is 0.127. The van der Waals surface area contributed by atoms with Gasteiger partial charge in [0.1, 0.15) is 12.2 Å². The number of rotatable bonds is 16. The Balaban J connectivity index is 1.38. The minimum Gasteiger partial charge on any atom is -0.456 e. The fraction of sp³-hybridized carbons (Fsp3) is 0.348. The maximum Gasteiger partial charge on any atom is 0.338 e. The maximum atomic E-state index is 13.9. The van der Waals surface area contributed by atoms with Crippen LogP contribution < -0.4 is 0 Å². The Labute approximate surface area is 367 Å². The Bertz CT molecular complexity index is 2160. The molecule has 2 fully saturated rings. The van der Waals surface area contributed by atoms with E-state index in [4.69, 9.17) is 47.4 Å². The molecule has 4 aromatic carbocycles. The van der Waals surface area contributed by atoms with Gasteiger partial charge < -0.3 is 47.4 Å². The van der Waals surface area contributed by atoms with Gasteiger partial charge in [-0.3, -0.25) is 14.4 Å². The summed E-state index contributed by atoms with van der Waals surface area (Å²) in [5.74, 6) is -4.72. The van der Waals surface area contributed by atoms with E-state index < -0.39 is 104 Å². The molecule has 4 aromatic rings. The zero-order valence-electron chi connectivity index (χ0n) is 34.7. The van der Waals surface area contributed by atoms with E-state index >= 15 is 0 Å². The van der Waals surface area contributed by atoms with Gasteiger partial charge in [-0.1, -0.05) is 72.8 Å². The van der Waals surface area contributed by atoms with Crippen LogP contribution in [0.15, 0.2) is 126 Å². The molecule has 6 rings (SSSR count). The van der Waals surface area contributed by atoms with Gasteiger partial charge in [0.05, 0.1) is 23.3 Å². The van der Waals surface area contributed by atoms with E-state index in [0.29, 0.717) is 0 Å². The van der Waals surface area contributed by atoms with Crippen molar-refractivity contribution in [1.29, 1.82) is 0 Å². The molecule has 0 aromatic heterocycles. The molecule has 0 amide bonds. The van der Waals surface area contributed by atoms with Gasteiger partial charge in [0, 0.05) is 38.5 Å². The minimum atomic E-state index is -1.60. The number of thioether (sulfide) groups is 1. The van der Waals surface area contributed by atoms with Crippen molar-refractivity contribution < 1.29 is 76.1 Å². The van der Waals surface area contributed by atoms with E-state index in [9.17, 15) is 28.8 Å². The normalized spacial score (nSPS) is 25.4. The number of esters is 6. The highest BCUT2D eigenvalue weighted by Gasteiger charge is 2.56. The lowest BCUT2D eigenvalue weighted by Crippen LogP contribution is -2.64. The molecule has 63 heavy (non-hydrogen) atoms. The standard InChI is InChI=1S/C46H46O16S/c1-27(47)55-37-35(26-63-33-23-15-8-16-24-33)59-46(41(57-29(3)49)38(37)56-28(2)48)54-25-34-36(60-42(50)30-17-9-5-10-18-30)39(61-43(51)31-19-11-6-12-20-31)40(45(53-4)58-34)62-44(52)32-21-13-7-14-22-32/h5-24,34-41,45-46H,25-26H2,1-4H3/t34-,35-,36-,37+,38+,39+,40-,41-,45+,46-/m1/s1. The van der Waals surface area contributed by atoms with Crippen molar-refractivity contribution in [3.63, 3.8) is 0 Å². The van der Waals surface area contributed by atoms with Gasteiger partial charge in [-0.25, -0.2) is 14.4 Å². The first-order valence-corrected chi connectivity index (χ1v) is 20.8. The molecular formula is C46H46O16S. The van der Waals surface area contributed by atoms with Gasteiger partial charge >= 0.3 is 35.8 Å². The van der Waals surface area contributed by atoms with Gasteiger partial charge in [0.15, 0.2) is 49.2 Å². The second kappa shape index (κ2) is 22.3. The summed E-state index contributed by atoms with van der Waals surface area (Å²) in [4.78, 5) is 79.8. The molecule has 0 bridgehead atoms. The predicted molar refractivity (Wildman–Crippen MR) is 221 cm³/mol. The van der Waals surface area contributed by atoms with E-state index in [-0.39, 0.29) is 22.4 Å². The molecule has 10 atom stereocenters. The van der Waals surface area contributed by atoms with Crippen molar-refractivity contribution in [2.75, 3.05) is 19.5 Å². The summed E-state index contributed by atoms with van der Waals surface area (Å²) < 4.78 is 59.9. The first-order chi connectivity index (χ1) is 30.4. The molecule has 2 heterocycles. The van der Waals surface area contributed by atoms with Crippen LogP contribution >= 0.6 is 11.8 Å². The lowest BCUT2D eigenvalue weighted by Gasteiger charge is -2.46. The number of hydrogen-bond acceptors (Lipinski definition) is 17. The first kappa shape index (κ1) is 46.4. The van der Waals surface area contributed by atoms with Crippen LogP contribution in [0.1, 0.15) is 51.8 Å². The topological polar surface area (TPSA) is 195 Å². The van der Waals surface area contributed by atoms with Crippen molar-refractivity contribution in [3.8, 4) is 0 Å². The van der Waals surface area contributed by atoms with Crippen LogP contribution in [0.4, 0.5) is 0 Å². The third-order valence-electron chi connectivity index (χ3n) is 9.66. The molecular weight excluding hydrogens is 841 g/mol. The molecule has 17 heteroatoms. The highest BCUT2D eigenvalue weighted by molar-refractivity contribution is 7.99. The van der Waals surface area contributed by atoms with Crippen LogP contribution in [0.5, 0.6) is 0 Å². The zero-order valence-corrected chi connectivity index (χ0v) is 35.5. The van der Waals surface area contributed by atoms with Crippen LogP contribution in [0.25, 0.3) is 0 Å². The molecule has 0 unspecified atom stereocenters. The molecule has 0 N–H and O–H groups in total. The third-order valence-corrected chi connectivity index (χ3v) is 10.8. The Morgan fingerprint density at radius 3 is 1.30 bits per heavy atom. The van der Waals surface area contributed by atoms with Crippen molar-refractivity contribution in [3.05, 3.63) is 138 Å². The monoisotopic (exact) mass is 886 g/mol. The quantitative estimate of drug-likeness (QED) is 0.0792. The van der Waals surface area contributed by atoms with E-state index in [2.05, 4.69) is 0 Å². The summed E-state index contributed by atoms with van der Waals surface area (Å²) >= 11 is 1.35. The summed E-state index contributed by atoms with van der Waals surface area (Å²) in [7, 11) is 1.27. The van der Waals surface area contributed by atoms with Gasteiger partial charge in [0.2, 0.25) is 0 Å². The number of benzene rings is 4. The Kier molecular flexibility index (Phi) is 16.4. The SMILES string of the molecule is CO[C@H]1O[C@H](CO[C@@H]2O[C@H](CSc3ccccc3)[C@H](OC(C)=O)[C@H](OC(C)=O)[C@H]2OC(C)=O)[C@@H](OC(=O)c2ccccc2)[C@H](OC(=O)c2ccccc2)[C@H]1OC(=O)c1ccccc1. The molecule has 16 nitrogen and oxygen atoms in total. The van der Waals surface area contributed by atoms with Crippen LogP contribution in [0.3, 0.4) is 0 Å². The molecule has 2 aliphatic heterocycles. The number of methoxy groups -OCH3 is 1. The molecule has 0 saturated carbocycles. The fourth-order valence-electron chi connectivity index (χ4n) is 6.91.